The monoisotopic (exact) mass is 238 g/mol. The van der Waals surface area contributed by atoms with Crippen LogP contribution in [0.25, 0.3) is 0 Å². The Balaban J connectivity index is 2.48. The van der Waals surface area contributed by atoms with Gasteiger partial charge in [0.05, 0.1) is 19.5 Å². The fourth-order valence-electron chi connectivity index (χ4n) is 1.39. The van der Waals surface area contributed by atoms with Gasteiger partial charge in [0.15, 0.2) is 5.75 Å². The van der Waals surface area contributed by atoms with Crippen molar-refractivity contribution in [3.63, 3.8) is 0 Å². The van der Waals surface area contributed by atoms with Crippen LogP contribution in [0.2, 0.25) is 0 Å². The largest absolute Gasteiger partial charge is 0.494 e. The molecule has 5 heteroatoms. The lowest BCUT2D eigenvalue weighted by molar-refractivity contribution is 0.410. The first-order chi connectivity index (χ1) is 8.04. The predicted molar refractivity (Wildman–Crippen MR) is 69.3 cm³/mol. The zero-order valence-electron chi connectivity index (χ0n) is 11.1. The van der Waals surface area contributed by atoms with Gasteiger partial charge in [-0.1, -0.05) is 13.8 Å². The maximum absolute atomic E-state index is 6.00. The summed E-state index contributed by atoms with van der Waals surface area (Å²) in [5, 5.41) is 0. The van der Waals surface area contributed by atoms with Crippen molar-refractivity contribution < 1.29 is 4.74 Å². The minimum Gasteiger partial charge on any atom is -0.494 e. The molecule has 0 saturated carbocycles. The molecule has 0 aliphatic rings. The molecule has 0 bridgehead atoms. The van der Waals surface area contributed by atoms with Crippen LogP contribution >= 0.6 is 0 Å². The van der Waals surface area contributed by atoms with Crippen molar-refractivity contribution in [1.82, 2.24) is 9.97 Å². The molecule has 0 aliphatic carbocycles. The lowest BCUT2D eigenvalue weighted by Gasteiger charge is -2.21. The summed E-state index contributed by atoms with van der Waals surface area (Å²) in [6, 6.07) is 0.218. The molecule has 0 amide bonds. The standard InChI is InChI=1S/C12H22N4O/c1-9(2)11(13)5-6-16(3)12-14-7-10(17-4)8-15-12/h7-9,11H,5-6,13H2,1-4H3. The fourth-order valence-corrected chi connectivity index (χ4v) is 1.39. The molecule has 1 unspecified atom stereocenters. The highest BCUT2D eigenvalue weighted by Crippen LogP contribution is 2.11. The second kappa shape index (κ2) is 6.39. The minimum atomic E-state index is 0.218. The third-order valence-corrected chi connectivity index (χ3v) is 2.85. The van der Waals surface area contributed by atoms with E-state index in [0.29, 0.717) is 17.6 Å². The SMILES string of the molecule is COc1cnc(N(C)CCC(N)C(C)C)nc1. The van der Waals surface area contributed by atoms with E-state index in [9.17, 15) is 0 Å². The van der Waals surface area contributed by atoms with E-state index in [1.54, 1.807) is 19.5 Å². The van der Waals surface area contributed by atoms with Crippen molar-refractivity contribution >= 4 is 5.95 Å². The number of aromatic nitrogens is 2. The molecule has 0 aliphatic heterocycles. The number of rotatable bonds is 6. The van der Waals surface area contributed by atoms with Crippen LogP contribution in [-0.4, -0.2) is 36.7 Å². The van der Waals surface area contributed by atoms with Gasteiger partial charge < -0.3 is 15.4 Å². The zero-order valence-corrected chi connectivity index (χ0v) is 11.1. The number of hydrogen-bond donors (Lipinski definition) is 1. The van der Waals surface area contributed by atoms with E-state index < -0.39 is 0 Å². The van der Waals surface area contributed by atoms with Gasteiger partial charge in [0.2, 0.25) is 5.95 Å². The van der Waals surface area contributed by atoms with Crippen LogP contribution in [0.15, 0.2) is 12.4 Å². The van der Waals surface area contributed by atoms with Crippen LogP contribution in [0, 0.1) is 5.92 Å². The number of ether oxygens (including phenoxy) is 1. The topological polar surface area (TPSA) is 64.3 Å². The van der Waals surface area contributed by atoms with E-state index in [4.69, 9.17) is 10.5 Å². The molecule has 0 radical (unpaired) electrons. The molecule has 2 N–H and O–H groups in total. The van der Waals surface area contributed by atoms with E-state index in [-0.39, 0.29) is 6.04 Å². The van der Waals surface area contributed by atoms with E-state index in [1.807, 2.05) is 11.9 Å². The maximum atomic E-state index is 6.00. The van der Waals surface area contributed by atoms with Crippen LogP contribution in [-0.2, 0) is 0 Å². The van der Waals surface area contributed by atoms with Gasteiger partial charge in [-0.15, -0.1) is 0 Å². The fraction of sp³-hybridized carbons (Fsp3) is 0.667. The van der Waals surface area contributed by atoms with Crippen molar-refractivity contribution in [2.75, 3.05) is 25.6 Å². The molecule has 1 atom stereocenters. The summed E-state index contributed by atoms with van der Waals surface area (Å²) < 4.78 is 5.02. The number of methoxy groups -OCH3 is 1. The third kappa shape index (κ3) is 4.19. The van der Waals surface area contributed by atoms with Crippen molar-refractivity contribution in [2.45, 2.75) is 26.3 Å². The highest BCUT2D eigenvalue weighted by atomic mass is 16.5. The number of anilines is 1. The van der Waals surface area contributed by atoms with Crippen molar-refractivity contribution in [2.24, 2.45) is 11.7 Å². The summed E-state index contributed by atoms with van der Waals surface area (Å²) in [5.41, 5.74) is 6.00. The molecule has 0 fully saturated rings. The van der Waals surface area contributed by atoms with Crippen LogP contribution in [0.4, 0.5) is 5.95 Å². The van der Waals surface area contributed by atoms with Crippen LogP contribution < -0.4 is 15.4 Å². The average molecular weight is 238 g/mol. The second-order valence-corrected chi connectivity index (χ2v) is 4.54. The van der Waals surface area contributed by atoms with Crippen LogP contribution in [0.1, 0.15) is 20.3 Å². The molecule has 17 heavy (non-hydrogen) atoms. The Morgan fingerprint density at radius 3 is 2.41 bits per heavy atom. The molecular formula is C12H22N4O. The molecule has 0 spiro atoms. The van der Waals surface area contributed by atoms with Gasteiger partial charge in [0.1, 0.15) is 0 Å². The summed E-state index contributed by atoms with van der Waals surface area (Å²) in [5.74, 6) is 1.86. The van der Waals surface area contributed by atoms with Gasteiger partial charge >= 0.3 is 0 Å². The number of nitrogens with zero attached hydrogens (tertiary/aromatic N) is 3. The molecule has 5 nitrogen and oxygen atoms in total. The lowest BCUT2D eigenvalue weighted by atomic mass is 10.0. The zero-order chi connectivity index (χ0) is 12.8. The van der Waals surface area contributed by atoms with Gasteiger partial charge in [-0.2, -0.15) is 0 Å². The quantitative estimate of drug-likeness (QED) is 0.809. The molecule has 1 heterocycles. The van der Waals surface area contributed by atoms with Crippen molar-refractivity contribution in [1.29, 1.82) is 0 Å². The second-order valence-electron chi connectivity index (χ2n) is 4.54. The molecule has 1 rings (SSSR count). The highest BCUT2D eigenvalue weighted by molar-refractivity contribution is 5.29. The Labute approximate surface area is 103 Å². The van der Waals surface area contributed by atoms with E-state index in [1.165, 1.54) is 0 Å². The Hall–Kier alpha value is -1.36. The Morgan fingerprint density at radius 1 is 1.35 bits per heavy atom. The first-order valence-electron chi connectivity index (χ1n) is 5.87. The third-order valence-electron chi connectivity index (χ3n) is 2.85. The minimum absolute atomic E-state index is 0.218. The lowest BCUT2D eigenvalue weighted by Crippen LogP contribution is -2.32. The van der Waals surface area contributed by atoms with E-state index >= 15 is 0 Å². The molecule has 1 aromatic heterocycles. The van der Waals surface area contributed by atoms with Crippen molar-refractivity contribution in [3.8, 4) is 5.75 Å². The summed E-state index contributed by atoms with van der Waals surface area (Å²) in [6.45, 7) is 5.12. The predicted octanol–water partition coefficient (Wildman–Crippen LogP) is 1.29. The van der Waals surface area contributed by atoms with Crippen LogP contribution in [0.3, 0.4) is 0 Å². The molecule has 0 saturated heterocycles. The van der Waals surface area contributed by atoms with E-state index in [2.05, 4.69) is 23.8 Å². The summed E-state index contributed by atoms with van der Waals surface area (Å²) in [6.07, 6.45) is 4.27. The average Bonchev–Trinajstić information content (AvgIpc) is 2.35. The van der Waals surface area contributed by atoms with Crippen LogP contribution in [0.5, 0.6) is 5.75 Å². The van der Waals surface area contributed by atoms with Gasteiger partial charge in [-0.25, -0.2) is 9.97 Å². The Morgan fingerprint density at radius 2 is 1.94 bits per heavy atom. The maximum Gasteiger partial charge on any atom is 0.225 e. The van der Waals surface area contributed by atoms with E-state index in [0.717, 1.165) is 13.0 Å². The molecule has 96 valence electrons. The molecule has 0 aromatic carbocycles. The van der Waals surface area contributed by atoms with Gasteiger partial charge in [0.25, 0.3) is 0 Å². The smallest absolute Gasteiger partial charge is 0.225 e. The summed E-state index contributed by atoms with van der Waals surface area (Å²) in [7, 11) is 3.57. The van der Waals surface area contributed by atoms with Gasteiger partial charge in [-0.3, -0.25) is 0 Å². The highest BCUT2D eigenvalue weighted by Gasteiger charge is 2.10. The normalized spacial score (nSPS) is 12.6. The first-order valence-corrected chi connectivity index (χ1v) is 5.87. The van der Waals surface area contributed by atoms with Gasteiger partial charge in [0, 0.05) is 19.6 Å². The first kappa shape index (κ1) is 13.7. The van der Waals surface area contributed by atoms with Gasteiger partial charge in [-0.05, 0) is 12.3 Å². The summed E-state index contributed by atoms with van der Waals surface area (Å²) >= 11 is 0. The Bertz CT molecular complexity index is 326. The summed E-state index contributed by atoms with van der Waals surface area (Å²) in [4.78, 5) is 10.4. The van der Waals surface area contributed by atoms with Crippen molar-refractivity contribution in [3.05, 3.63) is 12.4 Å². The number of nitrogens with two attached hydrogens (primary N) is 1. The number of hydrogen-bond acceptors (Lipinski definition) is 5. The molecular weight excluding hydrogens is 216 g/mol. The molecule has 1 aromatic rings. The Kier molecular flexibility index (Phi) is 5.15.